The van der Waals surface area contributed by atoms with E-state index in [4.69, 9.17) is 0 Å². The molecule has 2 atom stereocenters. The largest absolute Gasteiger partial charge is 0.135 e. The lowest BCUT2D eigenvalue weighted by molar-refractivity contribution is 0.454. The van der Waals surface area contributed by atoms with Gasteiger partial charge in [0.1, 0.15) is 0 Å². The quantitative estimate of drug-likeness (QED) is 0.141. The Labute approximate surface area is 268 Å². The molecule has 6 aromatic carbocycles. The van der Waals surface area contributed by atoms with E-state index in [1.165, 1.54) is 75.1 Å². The summed E-state index contributed by atoms with van der Waals surface area (Å²) in [5.74, 6) is 0.623. The van der Waals surface area contributed by atoms with Crippen LogP contribution >= 0.6 is 11.3 Å². The molecule has 9 rings (SSSR count). The molecule has 2 aliphatic carbocycles. The lowest BCUT2D eigenvalue weighted by Gasteiger charge is -2.37. The highest BCUT2D eigenvalue weighted by Crippen LogP contribution is 2.51. The van der Waals surface area contributed by atoms with Crippen LogP contribution in [0.1, 0.15) is 32.3 Å². The van der Waals surface area contributed by atoms with Crippen molar-refractivity contribution in [1.29, 1.82) is 0 Å². The molecular formula is C44H34S. The number of hydrogen-bond donors (Lipinski definition) is 0. The number of allylic oxidation sites excluding steroid dienone is 6. The van der Waals surface area contributed by atoms with Crippen molar-refractivity contribution in [3.8, 4) is 22.3 Å². The number of rotatable bonds is 3. The maximum atomic E-state index is 2.47. The Hall–Kier alpha value is -4.72. The SMILES string of the molecule is CC1C=CC2(C)CC(c3cccc4c3sc3cccc(-c5c6ccccc6c(-c6ccccc6)c6ccccc56)c34)=CC=C2C1. The fourth-order valence-electron chi connectivity index (χ4n) is 8.05. The van der Waals surface area contributed by atoms with Crippen LogP contribution in [0.3, 0.4) is 0 Å². The number of hydrogen-bond acceptors (Lipinski definition) is 1. The number of benzene rings is 6. The van der Waals surface area contributed by atoms with E-state index in [9.17, 15) is 0 Å². The average molecular weight is 595 g/mol. The van der Waals surface area contributed by atoms with Crippen molar-refractivity contribution in [2.75, 3.05) is 0 Å². The Bertz CT molecular complexity index is 2340. The highest BCUT2D eigenvalue weighted by atomic mass is 32.1. The summed E-state index contributed by atoms with van der Waals surface area (Å²) >= 11 is 1.95. The second-order valence-corrected chi connectivity index (χ2v) is 14.2. The zero-order valence-corrected chi connectivity index (χ0v) is 26.5. The molecule has 0 nitrogen and oxygen atoms in total. The van der Waals surface area contributed by atoms with E-state index in [-0.39, 0.29) is 5.41 Å². The van der Waals surface area contributed by atoms with Gasteiger partial charge in [0.05, 0.1) is 0 Å². The summed E-state index contributed by atoms with van der Waals surface area (Å²) < 4.78 is 2.75. The lowest BCUT2D eigenvalue weighted by atomic mass is 9.67. The van der Waals surface area contributed by atoms with Gasteiger partial charge >= 0.3 is 0 Å². The van der Waals surface area contributed by atoms with Gasteiger partial charge in [-0.2, -0.15) is 0 Å². The topological polar surface area (TPSA) is 0 Å². The first-order valence-corrected chi connectivity index (χ1v) is 16.9. The molecule has 45 heavy (non-hydrogen) atoms. The van der Waals surface area contributed by atoms with E-state index in [0.717, 1.165) is 12.8 Å². The Morgan fingerprint density at radius 1 is 0.622 bits per heavy atom. The number of fused-ring (bicyclic) bond motifs is 6. The van der Waals surface area contributed by atoms with E-state index in [2.05, 4.69) is 153 Å². The Kier molecular flexibility index (Phi) is 6.02. The van der Waals surface area contributed by atoms with E-state index in [1.807, 2.05) is 11.3 Å². The van der Waals surface area contributed by atoms with Crippen LogP contribution in [0.25, 0.3) is 69.5 Å². The lowest BCUT2D eigenvalue weighted by Crippen LogP contribution is -2.24. The third-order valence-corrected chi connectivity index (χ3v) is 11.4. The molecule has 1 heteroatoms. The predicted octanol–water partition coefficient (Wildman–Crippen LogP) is 13.0. The van der Waals surface area contributed by atoms with Gasteiger partial charge in [-0.05, 0) is 79.8 Å². The normalized spacial score (nSPS) is 19.6. The van der Waals surface area contributed by atoms with Crippen molar-refractivity contribution in [1.82, 2.24) is 0 Å². The smallest absolute Gasteiger partial charge is 0.0430 e. The first-order chi connectivity index (χ1) is 22.1. The average Bonchev–Trinajstić information content (AvgIpc) is 3.47. The maximum Gasteiger partial charge on any atom is 0.0430 e. The van der Waals surface area contributed by atoms with Crippen LogP contribution in [0.5, 0.6) is 0 Å². The molecule has 1 heterocycles. The Morgan fingerprint density at radius 3 is 1.98 bits per heavy atom. The van der Waals surface area contributed by atoms with Gasteiger partial charge in [0, 0.05) is 25.6 Å². The van der Waals surface area contributed by atoms with Crippen LogP contribution in [-0.4, -0.2) is 0 Å². The minimum Gasteiger partial charge on any atom is -0.135 e. The fourth-order valence-corrected chi connectivity index (χ4v) is 9.32. The van der Waals surface area contributed by atoms with Crippen LogP contribution in [0.4, 0.5) is 0 Å². The fraction of sp³-hybridized carbons (Fsp3) is 0.136. The van der Waals surface area contributed by atoms with Gasteiger partial charge in [-0.15, -0.1) is 11.3 Å². The molecule has 1 aromatic heterocycles. The van der Waals surface area contributed by atoms with Crippen LogP contribution in [0, 0.1) is 11.3 Å². The summed E-state index contributed by atoms with van der Waals surface area (Å²) in [5, 5.41) is 7.93. The summed E-state index contributed by atoms with van der Waals surface area (Å²) in [6.45, 7) is 4.75. The maximum absolute atomic E-state index is 2.47. The van der Waals surface area contributed by atoms with E-state index >= 15 is 0 Å². The molecule has 0 saturated carbocycles. The van der Waals surface area contributed by atoms with Crippen molar-refractivity contribution in [3.63, 3.8) is 0 Å². The first-order valence-electron chi connectivity index (χ1n) is 16.1. The molecule has 0 saturated heterocycles. The van der Waals surface area contributed by atoms with Crippen molar-refractivity contribution in [3.05, 3.63) is 151 Å². The Morgan fingerprint density at radius 2 is 1.24 bits per heavy atom. The van der Waals surface area contributed by atoms with Gasteiger partial charge in [0.2, 0.25) is 0 Å². The summed E-state index contributed by atoms with van der Waals surface area (Å²) in [4.78, 5) is 0. The first kappa shape index (κ1) is 26.7. The monoisotopic (exact) mass is 594 g/mol. The van der Waals surface area contributed by atoms with Crippen LogP contribution in [0.15, 0.2) is 145 Å². The Balaban J connectivity index is 1.32. The molecule has 0 amide bonds. The minimum absolute atomic E-state index is 0.110. The van der Waals surface area contributed by atoms with Crippen molar-refractivity contribution in [2.24, 2.45) is 11.3 Å². The third-order valence-electron chi connectivity index (χ3n) is 10.2. The van der Waals surface area contributed by atoms with Crippen LogP contribution < -0.4 is 0 Å². The van der Waals surface area contributed by atoms with E-state index < -0.39 is 0 Å². The summed E-state index contributed by atoms with van der Waals surface area (Å²) in [6, 6.07) is 42.7. The molecule has 0 bridgehead atoms. The molecule has 0 radical (unpaired) electrons. The van der Waals surface area contributed by atoms with Gasteiger partial charge in [0.25, 0.3) is 0 Å². The molecular weight excluding hydrogens is 561 g/mol. The van der Waals surface area contributed by atoms with Gasteiger partial charge in [-0.1, -0.05) is 153 Å². The molecule has 0 aliphatic heterocycles. The van der Waals surface area contributed by atoms with Gasteiger partial charge in [-0.25, -0.2) is 0 Å². The zero-order valence-electron chi connectivity index (χ0n) is 25.7. The summed E-state index contributed by atoms with van der Waals surface area (Å²) in [5.41, 5.74) is 9.73. The highest BCUT2D eigenvalue weighted by Gasteiger charge is 2.33. The van der Waals surface area contributed by atoms with Crippen molar-refractivity contribution >= 4 is 58.6 Å². The van der Waals surface area contributed by atoms with Gasteiger partial charge in [0.15, 0.2) is 0 Å². The molecule has 0 spiro atoms. The molecule has 2 aliphatic rings. The van der Waals surface area contributed by atoms with Gasteiger partial charge in [-0.3, -0.25) is 0 Å². The van der Waals surface area contributed by atoms with E-state index in [0.29, 0.717) is 5.92 Å². The predicted molar refractivity (Wildman–Crippen MR) is 197 cm³/mol. The number of thiophene rings is 1. The van der Waals surface area contributed by atoms with Crippen LogP contribution in [0.2, 0.25) is 0 Å². The highest BCUT2D eigenvalue weighted by molar-refractivity contribution is 7.26. The minimum atomic E-state index is 0.110. The molecule has 0 fully saturated rings. The molecule has 7 aromatic rings. The third kappa shape index (κ3) is 4.11. The van der Waals surface area contributed by atoms with Crippen LogP contribution in [-0.2, 0) is 0 Å². The summed E-state index contributed by atoms with van der Waals surface area (Å²) in [6.07, 6.45) is 11.9. The molecule has 2 unspecified atom stereocenters. The molecule has 0 N–H and O–H groups in total. The van der Waals surface area contributed by atoms with Crippen molar-refractivity contribution < 1.29 is 0 Å². The van der Waals surface area contributed by atoms with Gasteiger partial charge < -0.3 is 0 Å². The van der Waals surface area contributed by atoms with E-state index in [1.54, 1.807) is 5.57 Å². The molecule has 216 valence electrons. The second-order valence-electron chi connectivity index (χ2n) is 13.2. The standard InChI is InChI=1S/C44H34S/c1-28-24-25-44(2)27-30(22-23-31(44)26-28)32-18-10-20-38-42-37(19-11-21-39(42)45-43(32)38)41-35-16-8-6-14-33(35)40(29-12-4-3-5-13-29)34-15-7-9-17-36(34)41/h3-25,28H,26-27H2,1-2H3. The van der Waals surface area contributed by atoms with Crippen molar-refractivity contribution in [2.45, 2.75) is 26.7 Å². The summed E-state index contributed by atoms with van der Waals surface area (Å²) in [7, 11) is 0. The second kappa shape index (κ2) is 10.2. The zero-order chi connectivity index (χ0) is 30.1.